The maximum atomic E-state index is 11.5. The minimum atomic E-state index is -1.25. The highest BCUT2D eigenvalue weighted by Crippen LogP contribution is 2.36. The lowest BCUT2D eigenvalue weighted by molar-refractivity contribution is -0.140. The van der Waals surface area contributed by atoms with Gasteiger partial charge in [-0.15, -0.1) is 0 Å². The first kappa shape index (κ1) is 12.7. The van der Waals surface area contributed by atoms with E-state index in [0.717, 1.165) is 18.9 Å². The highest BCUT2D eigenvalue weighted by molar-refractivity contribution is 5.98. The van der Waals surface area contributed by atoms with Crippen LogP contribution in [0.4, 0.5) is 0 Å². The molecule has 0 aromatic rings. The summed E-state index contributed by atoms with van der Waals surface area (Å²) in [6, 6.07) is 0. The maximum Gasteiger partial charge on any atom is 0.336 e. The fourth-order valence-electron chi connectivity index (χ4n) is 1.90. The molecule has 0 spiro atoms. The number of esters is 2. The van der Waals surface area contributed by atoms with Crippen LogP contribution in [-0.2, 0) is 19.1 Å². The molecule has 5 heteroatoms. The van der Waals surface area contributed by atoms with Crippen molar-refractivity contribution in [2.45, 2.75) is 31.3 Å². The van der Waals surface area contributed by atoms with Crippen molar-refractivity contribution in [1.82, 2.24) is 0 Å². The lowest BCUT2D eigenvalue weighted by Crippen LogP contribution is -2.33. The van der Waals surface area contributed by atoms with Crippen molar-refractivity contribution >= 4 is 11.9 Å². The predicted molar refractivity (Wildman–Crippen MR) is 55.5 cm³/mol. The molecule has 90 valence electrons. The van der Waals surface area contributed by atoms with Crippen molar-refractivity contribution in [1.29, 1.82) is 0 Å². The first-order valence-electron chi connectivity index (χ1n) is 5.14. The molecule has 0 amide bonds. The molecule has 0 atom stereocenters. The Bertz CT molecular complexity index is 312. The molecule has 1 aliphatic carbocycles. The van der Waals surface area contributed by atoms with Gasteiger partial charge < -0.3 is 14.6 Å². The van der Waals surface area contributed by atoms with Gasteiger partial charge in [0.15, 0.2) is 0 Å². The van der Waals surface area contributed by atoms with Crippen LogP contribution < -0.4 is 0 Å². The molecular formula is C11H16O5. The predicted octanol–water partition coefficient (Wildman–Crippen LogP) is 0.564. The number of hydrogen-bond acceptors (Lipinski definition) is 5. The van der Waals surface area contributed by atoms with Gasteiger partial charge in [0.2, 0.25) is 0 Å². The number of ether oxygens (including phenoxy) is 2. The van der Waals surface area contributed by atoms with E-state index in [4.69, 9.17) is 0 Å². The summed E-state index contributed by atoms with van der Waals surface area (Å²) in [4.78, 5) is 22.6. The average Bonchev–Trinajstić information content (AvgIpc) is 2.72. The van der Waals surface area contributed by atoms with Gasteiger partial charge in [0.1, 0.15) is 0 Å². The Kier molecular flexibility index (Phi) is 4.06. The van der Waals surface area contributed by atoms with Crippen LogP contribution >= 0.6 is 0 Å². The first-order valence-corrected chi connectivity index (χ1v) is 5.14. The van der Waals surface area contributed by atoms with Crippen LogP contribution in [0.25, 0.3) is 0 Å². The van der Waals surface area contributed by atoms with Gasteiger partial charge in [-0.05, 0) is 12.8 Å². The van der Waals surface area contributed by atoms with Gasteiger partial charge in [0, 0.05) is 6.08 Å². The largest absolute Gasteiger partial charge is 0.466 e. The zero-order chi connectivity index (χ0) is 12.2. The third-order valence-corrected chi connectivity index (χ3v) is 2.80. The fourth-order valence-corrected chi connectivity index (χ4v) is 1.90. The van der Waals surface area contributed by atoms with Crippen molar-refractivity contribution in [3.8, 4) is 0 Å². The Hall–Kier alpha value is -1.36. The lowest BCUT2D eigenvalue weighted by atomic mass is 9.91. The van der Waals surface area contributed by atoms with Gasteiger partial charge in [0.25, 0.3) is 0 Å². The molecule has 0 aliphatic heterocycles. The molecule has 0 saturated heterocycles. The second-order valence-corrected chi connectivity index (χ2v) is 3.81. The molecule has 1 aliphatic rings. The molecule has 0 aromatic carbocycles. The third-order valence-electron chi connectivity index (χ3n) is 2.80. The van der Waals surface area contributed by atoms with Gasteiger partial charge in [-0.25, -0.2) is 9.59 Å². The third kappa shape index (κ3) is 2.61. The highest BCUT2D eigenvalue weighted by Gasteiger charge is 2.39. The zero-order valence-corrected chi connectivity index (χ0v) is 9.49. The summed E-state index contributed by atoms with van der Waals surface area (Å²) in [5.74, 6) is -1.35. The molecule has 16 heavy (non-hydrogen) atoms. The lowest BCUT2D eigenvalue weighted by Gasteiger charge is -2.23. The fraction of sp³-hybridized carbons (Fsp3) is 0.636. The summed E-state index contributed by atoms with van der Waals surface area (Å²) in [5, 5.41) is 10.2. The molecule has 0 unspecified atom stereocenters. The van der Waals surface area contributed by atoms with E-state index in [9.17, 15) is 14.7 Å². The maximum absolute atomic E-state index is 11.5. The van der Waals surface area contributed by atoms with Crippen LogP contribution in [0.5, 0.6) is 0 Å². The molecule has 1 rings (SSSR count). The molecule has 0 radical (unpaired) electrons. The van der Waals surface area contributed by atoms with Crippen molar-refractivity contribution in [3.63, 3.8) is 0 Å². The Balaban J connectivity index is 3.00. The molecule has 1 N–H and O–H groups in total. The van der Waals surface area contributed by atoms with Gasteiger partial charge in [-0.3, -0.25) is 0 Å². The Morgan fingerprint density at radius 1 is 1.19 bits per heavy atom. The number of aliphatic hydroxyl groups is 1. The van der Waals surface area contributed by atoms with E-state index < -0.39 is 17.5 Å². The summed E-state index contributed by atoms with van der Waals surface area (Å²) in [6.07, 6.45) is 3.59. The summed E-state index contributed by atoms with van der Waals surface area (Å²) in [7, 11) is 2.43. The Labute approximate surface area is 94.0 Å². The van der Waals surface area contributed by atoms with E-state index in [1.807, 2.05) is 0 Å². The molecule has 0 bridgehead atoms. The Morgan fingerprint density at radius 3 is 2.19 bits per heavy atom. The van der Waals surface area contributed by atoms with Crippen LogP contribution in [0, 0.1) is 0 Å². The monoisotopic (exact) mass is 228 g/mol. The summed E-state index contributed by atoms with van der Waals surface area (Å²) < 4.78 is 9.01. The second-order valence-electron chi connectivity index (χ2n) is 3.81. The smallest absolute Gasteiger partial charge is 0.336 e. The summed E-state index contributed by atoms with van der Waals surface area (Å²) in [5.41, 5.74) is -1.26. The molecule has 0 heterocycles. The van der Waals surface area contributed by atoms with Crippen molar-refractivity contribution in [2.75, 3.05) is 14.2 Å². The average molecular weight is 228 g/mol. The number of carbonyl (C=O) groups is 2. The summed E-state index contributed by atoms with van der Waals surface area (Å²) in [6.45, 7) is 0. The van der Waals surface area contributed by atoms with Gasteiger partial charge in [-0.1, -0.05) is 12.8 Å². The first-order chi connectivity index (χ1) is 7.53. The zero-order valence-electron chi connectivity index (χ0n) is 9.49. The van der Waals surface area contributed by atoms with Crippen molar-refractivity contribution in [3.05, 3.63) is 11.6 Å². The van der Waals surface area contributed by atoms with Gasteiger partial charge in [-0.2, -0.15) is 0 Å². The van der Waals surface area contributed by atoms with E-state index in [1.54, 1.807) is 0 Å². The molecule has 1 fully saturated rings. The number of hydrogen-bond donors (Lipinski definition) is 1. The normalized spacial score (nSPS) is 19.3. The van der Waals surface area contributed by atoms with Crippen LogP contribution in [0.3, 0.4) is 0 Å². The quantitative estimate of drug-likeness (QED) is 0.564. The van der Waals surface area contributed by atoms with E-state index in [-0.39, 0.29) is 5.57 Å². The number of carbonyl (C=O) groups excluding carboxylic acids is 2. The SMILES string of the molecule is COC(=O)/C=C(\C(=O)OC)C1(O)CCCC1. The van der Waals surface area contributed by atoms with E-state index in [0.29, 0.717) is 12.8 Å². The van der Waals surface area contributed by atoms with E-state index >= 15 is 0 Å². The van der Waals surface area contributed by atoms with Gasteiger partial charge in [0.05, 0.1) is 25.4 Å². The van der Waals surface area contributed by atoms with Crippen molar-refractivity contribution < 1.29 is 24.2 Å². The topological polar surface area (TPSA) is 72.8 Å². The number of methoxy groups -OCH3 is 2. The molecule has 0 aromatic heterocycles. The number of rotatable bonds is 3. The summed E-state index contributed by atoms with van der Waals surface area (Å²) >= 11 is 0. The van der Waals surface area contributed by atoms with Crippen LogP contribution in [-0.4, -0.2) is 36.9 Å². The standard InChI is InChI=1S/C11H16O5/c1-15-9(12)7-8(10(13)16-2)11(14)5-3-4-6-11/h7,14H,3-6H2,1-2H3/b8-7+. The molecular weight excluding hydrogens is 212 g/mol. The highest BCUT2D eigenvalue weighted by atomic mass is 16.5. The minimum absolute atomic E-state index is 0.0145. The molecule has 1 saturated carbocycles. The van der Waals surface area contributed by atoms with Crippen LogP contribution in [0.15, 0.2) is 11.6 Å². The van der Waals surface area contributed by atoms with E-state index in [1.165, 1.54) is 14.2 Å². The van der Waals surface area contributed by atoms with Crippen LogP contribution in [0.2, 0.25) is 0 Å². The van der Waals surface area contributed by atoms with Crippen LogP contribution in [0.1, 0.15) is 25.7 Å². The minimum Gasteiger partial charge on any atom is -0.466 e. The van der Waals surface area contributed by atoms with E-state index in [2.05, 4.69) is 9.47 Å². The van der Waals surface area contributed by atoms with Crippen molar-refractivity contribution in [2.24, 2.45) is 0 Å². The Morgan fingerprint density at radius 2 is 1.75 bits per heavy atom. The molecule has 5 nitrogen and oxygen atoms in total. The van der Waals surface area contributed by atoms with Gasteiger partial charge >= 0.3 is 11.9 Å². The second kappa shape index (κ2) is 5.12.